The molecule has 0 aromatic heterocycles. The van der Waals surface area contributed by atoms with Crippen LogP contribution in [0.4, 0.5) is 0 Å². The summed E-state index contributed by atoms with van der Waals surface area (Å²) in [5.74, 6) is 0. The lowest BCUT2D eigenvalue weighted by atomic mass is 9.95. The van der Waals surface area contributed by atoms with Crippen molar-refractivity contribution in [2.24, 2.45) is 0 Å². The first kappa shape index (κ1) is 39.7. The van der Waals surface area contributed by atoms with Gasteiger partial charge >= 0.3 is 0 Å². The molecule has 3 heterocycles. The van der Waals surface area contributed by atoms with Crippen LogP contribution in [0.3, 0.4) is 0 Å². The van der Waals surface area contributed by atoms with E-state index in [9.17, 15) is 0 Å². The van der Waals surface area contributed by atoms with Gasteiger partial charge in [-0.05, 0) is 104 Å². The predicted molar refractivity (Wildman–Crippen MR) is 185 cm³/mol. The highest BCUT2D eigenvalue weighted by molar-refractivity contribution is 4.92. The van der Waals surface area contributed by atoms with E-state index >= 15 is 0 Å². The summed E-state index contributed by atoms with van der Waals surface area (Å²) in [6.45, 7) is 35.5. The molecule has 3 atom stereocenters. The van der Waals surface area contributed by atoms with E-state index in [1.54, 1.807) is 0 Å². The van der Waals surface area contributed by atoms with Crippen LogP contribution >= 0.6 is 0 Å². The van der Waals surface area contributed by atoms with Crippen LogP contribution in [-0.2, 0) is 14.2 Å². The van der Waals surface area contributed by atoms with Crippen molar-refractivity contribution in [1.82, 2.24) is 30.7 Å². The topological polar surface area (TPSA) is 73.5 Å². The lowest BCUT2D eigenvalue weighted by molar-refractivity contribution is -0.0737. The van der Waals surface area contributed by atoms with Gasteiger partial charge in [0.05, 0.1) is 38.1 Å². The number of hydrogen-bond acceptors (Lipinski definition) is 9. The van der Waals surface area contributed by atoms with Crippen molar-refractivity contribution < 1.29 is 18.5 Å². The third-order valence-corrected chi connectivity index (χ3v) is 9.83. The zero-order valence-electron chi connectivity index (χ0n) is 30.4. The molecule has 0 bridgehead atoms. The summed E-state index contributed by atoms with van der Waals surface area (Å²) in [6, 6.07) is 1.86. The summed E-state index contributed by atoms with van der Waals surface area (Å²) < 4.78 is 17.4. The predicted octanol–water partition coefficient (Wildman–Crippen LogP) is 4.02. The maximum Gasteiger partial charge on any atom is 0.0878 e. The molecule has 3 fully saturated rings. The molecule has 0 saturated carbocycles. The first-order valence-electron chi connectivity index (χ1n) is 16.5. The van der Waals surface area contributed by atoms with Gasteiger partial charge in [0.1, 0.15) is 0 Å². The van der Waals surface area contributed by atoms with E-state index in [0.717, 1.165) is 59.1 Å². The highest BCUT2D eigenvalue weighted by atomic mass is 16.5. The van der Waals surface area contributed by atoms with Crippen LogP contribution in [0.15, 0.2) is 0 Å². The minimum atomic E-state index is 0. The van der Waals surface area contributed by atoms with E-state index in [-0.39, 0.29) is 20.9 Å². The van der Waals surface area contributed by atoms with E-state index in [0.29, 0.717) is 36.4 Å². The number of likely N-dealkylation sites (N-methyl/N-ethyl adjacent to an activating group) is 3. The van der Waals surface area contributed by atoms with Gasteiger partial charge in [0.2, 0.25) is 0 Å². The van der Waals surface area contributed by atoms with Gasteiger partial charge in [0.15, 0.2) is 0 Å². The molecule has 9 heteroatoms. The minimum Gasteiger partial charge on any atom is -0.374 e. The maximum atomic E-state index is 5.81. The average molecular weight is 607 g/mol. The fourth-order valence-corrected chi connectivity index (χ4v) is 5.21. The first-order chi connectivity index (χ1) is 19.4. The molecule has 3 saturated heterocycles. The van der Waals surface area contributed by atoms with Crippen molar-refractivity contribution >= 4 is 0 Å². The second kappa shape index (κ2) is 18.0. The lowest BCUT2D eigenvalue weighted by Crippen LogP contribution is -2.58. The van der Waals surface area contributed by atoms with Crippen LogP contribution in [0, 0.1) is 0 Å². The maximum absolute atomic E-state index is 5.81. The highest BCUT2D eigenvalue weighted by Gasteiger charge is 2.35. The summed E-state index contributed by atoms with van der Waals surface area (Å²) in [6.07, 6.45) is 0.885. The molecule has 42 heavy (non-hydrogen) atoms. The van der Waals surface area contributed by atoms with Crippen molar-refractivity contribution in [3.05, 3.63) is 0 Å². The quantitative estimate of drug-likeness (QED) is 0.361. The van der Waals surface area contributed by atoms with Crippen molar-refractivity contribution in [2.75, 3.05) is 80.2 Å². The fraction of sp³-hybridized carbons (Fsp3) is 1.00. The van der Waals surface area contributed by atoms with Crippen molar-refractivity contribution in [3.8, 4) is 0 Å². The van der Waals surface area contributed by atoms with E-state index in [4.69, 9.17) is 14.2 Å². The number of ether oxygens (including phenoxy) is 3. The molecule has 0 amide bonds. The number of hydrogen-bond donors (Lipinski definition) is 3. The van der Waals surface area contributed by atoms with Crippen LogP contribution in [0.5, 0.6) is 0 Å². The summed E-state index contributed by atoms with van der Waals surface area (Å²) in [4.78, 5) is 7.44. The molecule has 9 nitrogen and oxygen atoms in total. The molecule has 3 aliphatic heterocycles. The van der Waals surface area contributed by atoms with Gasteiger partial charge in [0, 0.05) is 78.3 Å². The van der Waals surface area contributed by atoms with Crippen molar-refractivity contribution in [3.63, 3.8) is 0 Å². The summed E-state index contributed by atoms with van der Waals surface area (Å²) in [5.41, 5.74) is 0.189. The summed E-state index contributed by atoms with van der Waals surface area (Å²) in [7, 11) is 5.99. The molecule has 0 radical (unpaired) electrons. The van der Waals surface area contributed by atoms with E-state index < -0.39 is 0 Å². The Bertz CT molecular complexity index is 651. The molecule has 3 N–H and O–H groups in total. The molecule has 0 aromatic rings. The van der Waals surface area contributed by atoms with Crippen LogP contribution in [0.1, 0.15) is 87.4 Å². The average Bonchev–Trinajstić information content (AvgIpc) is 2.98. The van der Waals surface area contributed by atoms with Crippen LogP contribution in [0.25, 0.3) is 0 Å². The molecular formula is C33H78N6O3. The number of nitrogens with one attached hydrogen (secondary N) is 3. The molecule has 0 aromatic carbocycles. The van der Waals surface area contributed by atoms with Gasteiger partial charge in [-0.1, -0.05) is 0 Å². The Balaban J connectivity index is -0.000000569. The summed E-state index contributed by atoms with van der Waals surface area (Å²) in [5, 5.41) is 9.96. The Morgan fingerprint density at radius 3 is 0.881 bits per heavy atom. The third kappa shape index (κ3) is 12.6. The molecule has 0 spiro atoms. The van der Waals surface area contributed by atoms with E-state index in [1.165, 1.54) is 0 Å². The second-order valence-corrected chi connectivity index (χ2v) is 14.8. The molecule has 0 aliphatic carbocycles. The zero-order valence-corrected chi connectivity index (χ0v) is 30.4. The number of nitrogens with zero attached hydrogens (tertiary/aromatic N) is 3. The van der Waals surface area contributed by atoms with Crippen LogP contribution in [-0.4, -0.2) is 148 Å². The van der Waals surface area contributed by atoms with E-state index in [2.05, 4.69) is 114 Å². The van der Waals surface area contributed by atoms with Gasteiger partial charge in [-0.15, -0.1) is 0 Å². The van der Waals surface area contributed by atoms with Crippen molar-refractivity contribution in [1.29, 1.82) is 0 Å². The SMILES string of the molecule is CNC(C)(C)C1CN(C(C)C)CCO1.CNC(C)(C)[C@@H]1CN(C(C)C)CCO1.CNC(C)(C)[C@H]1CN(C(C)C)CCO1.[HH].[HH].[HH]. The fourth-order valence-electron chi connectivity index (χ4n) is 5.21. The molecule has 3 aliphatic rings. The molecular weight excluding hydrogens is 528 g/mol. The Morgan fingerprint density at radius 2 is 0.714 bits per heavy atom. The number of rotatable bonds is 9. The zero-order chi connectivity index (χ0) is 32.3. The summed E-state index contributed by atoms with van der Waals surface area (Å²) >= 11 is 0. The van der Waals surface area contributed by atoms with Gasteiger partial charge in [-0.25, -0.2) is 0 Å². The van der Waals surface area contributed by atoms with Crippen LogP contribution < -0.4 is 16.0 Å². The smallest absolute Gasteiger partial charge is 0.0878 e. The van der Waals surface area contributed by atoms with Gasteiger partial charge in [-0.2, -0.15) is 0 Å². The van der Waals surface area contributed by atoms with Gasteiger partial charge in [0.25, 0.3) is 0 Å². The molecule has 1 unspecified atom stereocenters. The first-order valence-corrected chi connectivity index (χ1v) is 16.5. The second-order valence-electron chi connectivity index (χ2n) is 14.8. The van der Waals surface area contributed by atoms with Crippen LogP contribution in [0.2, 0.25) is 0 Å². The number of morpholine rings is 3. The Morgan fingerprint density at radius 1 is 0.500 bits per heavy atom. The molecule has 3 rings (SSSR count). The normalized spacial score (nSPS) is 25.7. The molecule has 258 valence electrons. The standard InChI is InChI=1S/3C11H24N2O.3H2/c3*1-9(2)13-6-7-14-10(8-13)11(3,4)12-5;;;/h3*9-10,12H,6-8H2,1-5H3;3*1H/t2*10-;;;;/m10..../s1. The van der Waals surface area contributed by atoms with E-state index in [1.807, 2.05) is 21.1 Å². The van der Waals surface area contributed by atoms with Gasteiger partial charge in [-0.3, -0.25) is 14.7 Å². The monoisotopic (exact) mass is 607 g/mol. The Labute approximate surface area is 265 Å². The largest absolute Gasteiger partial charge is 0.374 e. The Hall–Kier alpha value is -0.360. The lowest BCUT2D eigenvalue weighted by Gasteiger charge is -2.42. The van der Waals surface area contributed by atoms with Gasteiger partial charge < -0.3 is 30.2 Å². The third-order valence-electron chi connectivity index (χ3n) is 9.83. The Kier molecular flexibility index (Phi) is 17.0. The highest BCUT2D eigenvalue weighted by Crippen LogP contribution is 2.20. The van der Waals surface area contributed by atoms with Crippen molar-refractivity contribution in [2.45, 2.75) is 136 Å². The minimum absolute atomic E-state index is 0.